The van der Waals surface area contributed by atoms with Gasteiger partial charge in [-0.15, -0.1) is 10.2 Å². The van der Waals surface area contributed by atoms with Crippen molar-refractivity contribution in [3.63, 3.8) is 0 Å². The highest BCUT2D eigenvalue weighted by molar-refractivity contribution is 7.98. The van der Waals surface area contributed by atoms with Gasteiger partial charge in [0.05, 0.1) is 22.4 Å². The van der Waals surface area contributed by atoms with E-state index in [9.17, 15) is 0 Å². The molecule has 0 aliphatic heterocycles. The van der Waals surface area contributed by atoms with E-state index in [1.807, 2.05) is 54.9 Å². The number of nitrogens with zero attached hydrogens (tertiary/aromatic N) is 6. The number of para-hydroxylation sites is 2. The van der Waals surface area contributed by atoms with Gasteiger partial charge in [-0.1, -0.05) is 23.9 Å². The Hall–Kier alpha value is -2.80. The summed E-state index contributed by atoms with van der Waals surface area (Å²) in [6.07, 6.45) is 3.54. The Labute approximate surface area is 149 Å². The highest BCUT2D eigenvalue weighted by Crippen LogP contribution is 2.25. The van der Waals surface area contributed by atoms with Crippen LogP contribution in [0.5, 0.6) is 0 Å². The lowest BCUT2D eigenvalue weighted by molar-refractivity contribution is 0.793. The number of pyridine rings is 1. The monoisotopic (exact) mass is 348 g/mol. The van der Waals surface area contributed by atoms with Crippen LogP contribution < -0.4 is 0 Å². The fourth-order valence-corrected chi connectivity index (χ4v) is 3.50. The van der Waals surface area contributed by atoms with E-state index in [1.54, 1.807) is 24.2 Å². The minimum atomic E-state index is 0.697. The largest absolute Gasteiger partial charge is 0.305 e. The molecule has 0 saturated carbocycles. The summed E-state index contributed by atoms with van der Waals surface area (Å²) in [6.45, 7) is 1.99. The molecular weight excluding hydrogens is 332 g/mol. The van der Waals surface area contributed by atoms with E-state index in [-0.39, 0.29) is 0 Å². The van der Waals surface area contributed by atoms with Crippen LogP contribution in [0.4, 0.5) is 0 Å². The predicted molar refractivity (Wildman–Crippen MR) is 98.1 cm³/mol. The Morgan fingerprint density at radius 2 is 1.80 bits per heavy atom. The Morgan fingerprint density at radius 3 is 2.56 bits per heavy atom. The summed E-state index contributed by atoms with van der Waals surface area (Å²) in [5.41, 5.74) is 4.70. The highest BCUT2D eigenvalue weighted by atomic mass is 32.2. The van der Waals surface area contributed by atoms with Crippen molar-refractivity contribution >= 4 is 22.8 Å². The van der Waals surface area contributed by atoms with E-state index in [0.29, 0.717) is 5.75 Å². The van der Waals surface area contributed by atoms with E-state index < -0.39 is 0 Å². The van der Waals surface area contributed by atoms with E-state index in [1.165, 1.54) is 0 Å². The fourth-order valence-electron chi connectivity index (χ4n) is 2.58. The predicted octanol–water partition coefficient (Wildman–Crippen LogP) is 3.42. The molecule has 3 heterocycles. The average Bonchev–Trinajstić information content (AvgIpc) is 3.01. The van der Waals surface area contributed by atoms with Crippen LogP contribution in [-0.2, 0) is 12.8 Å². The van der Waals surface area contributed by atoms with E-state index >= 15 is 0 Å². The molecule has 0 spiro atoms. The molecule has 0 aliphatic carbocycles. The minimum absolute atomic E-state index is 0.697. The summed E-state index contributed by atoms with van der Waals surface area (Å²) in [7, 11) is 1.96. The van der Waals surface area contributed by atoms with E-state index in [2.05, 4.69) is 20.2 Å². The van der Waals surface area contributed by atoms with Gasteiger partial charge in [-0.05, 0) is 31.2 Å². The van der Waals surface area contributed by atoms with Crippen molar-refractivity contribution in [3.05, 3.63) is 60.2 Å². The molecule has 0 saturated heterocycles. The van der Waals surface area contributed by atoms with Crippen molar-refractivity contribution in [2.75, 3.05) is 0 Å². The van der Waals surface area contributed by atoms with E-state index in [0.717, 1.165) is 39.0 Å². The SMILES string of the molecule is Cc1nc2ccccc2nc1CSc1nnc(-c2cccnc2)n1C. The third kappa shape index (κ3) is 3.10. The van der Waals surface area contributed by atoms with Crippen LogP contribution in [-0.4, -0.2) is 29.7 Å². The van der Waals surface area contributed by atoms with Crippen molar-refractivity contribution in [1.82, 2.24) is 29.7 Å². The second-order valence-electron chi connectivity index (χ2n) is 5.64. The number of aryl methyl sites for hydroxylation is 1. The van der Waals surface area contributed by atoms with Crippen LogP contribution >= 0.6 is 11.8 Å². The molecule has 124 valence electrons. The molecule has 3 aromatic heterocycles. The van der Waals surface area contributed by atoms with Crippen molar-refractivity contribution < 1.29 is 0 Å². The molecule has 0 bridgehead atoms. The van der Waals surface area contributed by atoms with Crippen molar-refractivity contribution in [2.45, 2.75) is 17.8 Å². The molecule has 4 rings (SSSR count). The maximum absolute atomic E-state index is 4.73. The van der Waals surface area contributed by atoms with Crippen molar-refractivity contribution in [2.24, 2.45) is 7.05 Å². The Kier molecular flexibility index (Phi) is 4.15. The smallest absolute Gasteiger partial charge is 0.191 e. The van der Waals surface area contributed by atoms with Gasteiger partial charge >= 0.3 is 0 Å². The van der Waals surface area contributed by atoms with E-state index in [4.69, 9.17) is 4.98 Å². The number of aromatic nitrogens is 6. The minimum Gasteiger partial charge on any atom is -0.305 e. The molecular formula is C18H16N6S. The maximum Gasteiger partial charge on any atom is 0.191 e. The van der Waals surface area contributed by atoms with Crippen molar-refractivity contribution in [1.29, 1.82) is 0 Å². The summed E-state index contributed by atoms with van der Waals surface area (Å²) in [6, 6.07) is 11.8. The molecule has 6 nitrogen and oxygen atoms in total. The second kappa shape index (κ2) is 6.60. The van der Waals surface area contributed by atoms with Crippen LogP contribution in [0.1, 0.15) is 11.4 Å². The van der Waals surface area contributed by atoms with Crippen molar-refractivity contribution in [3.8, 4) is 11.4 Å². The van der Waals surface area contributed by atoms with Crippen LogP contribution in [0.25, 0.3) is 22.4 Å². The molecule has 0 aliphatic rings. The van der Waals surface area contributed by atoms with Crippen LogP contribution in [0, 0.1) is 6.92 Å². The number of thioether (sulfide) groups is 1. The van der Waals surface area contributed by atoms with Gasteiger partial charge in [0.1, 0.15) is 0 Å². The number of hydrogen-bond acceptors (Lipinski definition) is 6. The normalized spacial score (nSPS) is 11.1. The first-order valence-electron chi connectivity index (χ1n) is 7.87. The van der Waals surface area contributed by atoms with Gasteiger partial charge in [-0.25, -0.2) is 9.97 Å². The van der Waals surface area contributed by atoms with Gasteiger partial charge in [0.2, 0.25) is 0 Å². The molecule has 25 heavy (non-hydrogen) atoms. The maximum atomic E-state index is 4.73. The van der Waals surface area contributed by atoms with Gasteiger partial charge in [0.25, 0.3) is 0 Å². The van der Waals surface area contributed by atoms with Gasteiger partial charge in [0.15, 0.2) is 11.0 Å². The quantitative estimate of drug-likeness (QED) is 0.526. The first kappa shape index (κ1) is 15.7. The van der Waals surface area contributed by atoms with Gasteiger partial charge in [-0.3, -0.25) is 4.98 Å². The van der Waals surface area contributed by atoms with Crippen LogP contribution in [0.3, 0.4) is 0 Å². The zero-order valence-corrected chi connectivity index (χ0v) is 14.7. The molecule has 0 unspecified atom stereocenters. The lowest BCUT2D eigenvalue weighted by Gasteiger charge is -2.07. The molecule has 7 heteroatoms. The number of hydrogen-bond donors (Lipinski definition) is 0. The zero-order chi connectivity index (χ0) is 17.2. The summed E-state index contributed by atoms with van der Waals surface area (Å²) in [5, 5.41) is 9.43. The average molecular weight is 348 g/mol. The van der Waals surface area contributed by atoms with Gasteiger partial charge in [-0.2, -0.15) is 0 Å². The molecule has 0 fully saturated rings. The lowest BCUT2D eigenvalue weighted by atomic mass is 10.2. The summed E-state index contributed by atoms with van der Waals surface area (Å²) >= 11 is 1.60. The van der Waals surface area contributed by atoms with Crippen LogP contribution in [0.15, 0.2) is 53.9 Å². The topological polar surface area (TPSA) is 69.4 Å². The Morgan fingerprint density at radius 1 is 1.00 bits per heavy atom. The molecule has 0 atom stereocenters. The van der Waals surface area contributed by atoms with Gasteiger partial charge < -0.3 is 4.57 Å². The molecule has 1 aromatic carbocycles. The highest BCUT2D eigenvalue weighted by Gasteiger charge is 2.13. The van der Waals surface area contributed by atoms with Gasteiger partial charge in [0, 0.05) is 30.8 Å². The standard InChI is InChI=1S/C18H16N6S/c1-12-16(21-15-8-4-3-7-14(15)20-12)11-25-18-23-22-17(24(18)2)13-6-5-9-19-10-13/h3-10H,11H2,1-2H3. The molecule has 0 N–H and O–H groups in total. The number of rotatable bonds is 4. The zero-order valence-electron chi connectivity index (χ0n) is 13.9. The Bertz CT molecular complexity index is 1030. The second-order valence-corrected chi connectivity index (χ2v) is 6.58. The first-order valence-corrected chi connectivity index (χ1v) is 8.86. The molecule has 0 radical (unpaired) electrons. The fraction of sp³-hybridized carbons (Fsp3) is 0.167. The summed E-state index contributed by atoms with van der Waals surface area (Å²) in [5.74, 6) is 1.50. The number of fused-ring (bicyclic) bond motifs is 1. The number of benzene rings is 1. The van der Waals surface area contributed by atoms with Crippen LogP contribution in [0.2, 0.25) is 0 Å². The summed E-state index contributed by atoms with van der Waals surface area (Å²) < 4.78 is 1.98. The lowest BCUT2D eigenvalue weighted by Crippen LogP contribution is -1.99. The first-order chi connectivity index (χ1) is 12.2. The third-order valence-corrected chi connectivity index (χ3v) is 4.97. The molecule has 0 amide bonds. The molecule has 4 aromatic rings. The summed E-state index contributed by atoms with van der Waals surface area (Å²) in [4.78, 5) is 13.5. The third-order valence-electron chi connectivity index (χ3n) is 3.94. The Balaban J connectivity index is 1.58.